The van der Waals surface area contributed by atoms with Crippen molar-refractivity contribution in [1.82, 2.24) is 0 Å². The van der Waals surface area contributed by atoms with Crippen LogP contribution in [0.25, 0.3) is 11.0 Å². The number of aromatic hydroxyl groups is 1. The first-order chi connectivity index (χ1) is 7.08. The van der Waals surface area contributed by atoms with E-state index in [0.717, 1.165) is 5.39 Å². The number of rotatable bonds is 1. The van der Waals surface area contributed by atoms with Gasteiger partial charge in [-0.05, 0) is 30.2 Å². The van der Waals surface area contributed by atoms with Crippen molar-refractivity contribution in [3.05, 3.63) is 40.2 Å². The van der Waals surface area contributed by atoms with E-state index in [0.29, 0.717) is 11.1 Å². The van der Waals surface area contributed by atoms with Gasteiger partial charge in [-0.15, -0.1) is 0 Å². The van der Waals surface area contributed by atoms with Gasteiger partial charge in [0.15, 0.2) is 0 Å². The Balaban J connectivity index is 2.77. The van der Waals surface area contributed by atoms with Crippen LogP contribution in [0.2, 0.25) is 0 Å². The van der Waals surface area contributed by atoms with Crippen molar-refractivity contribution >= 4 is 11.0 Å². The zero-order valence-electron chi connectivity index (χ0n) is 8.65. The zero-order valence-corrected chi connectivity index (χ0v) is 8.65. The molecule has 1 heterocycles. The number of phenolic OH excluding ortho intramolecular Hbond substituents is 1. The van der Waals surface area contributed by atoms with Gasteiger partial charge in [-0.1, -0.05) is 13.8 Å². The first kappa shape index (κ1) is 9.77. The second kappa shape index (κ2) is 3.42. The van der Waals surface area contributed by atoms with Gasteiger partial charge in [-0.2, -0.15) is 0 Å². The molecule has 78 valence electrons. The molecule has 1 N–H and O–H groups in total. The fourth-order valence-corrected chi connectivity index (χ4v) is 1.53. The lowest BCUT2D eigenvalue weighted by atomic mass is 10.0. The molecule has 3 heteroatoms. The van der Waals surface area contributed by atoms with Crippen molar-refractivity contribution in [2.24, 2.45) is 0 Å². The Hall–Kier alpha value is -1.77. The maximum Gasteiger partial charge on any atom is 0.339 e. The van der Waals surface area contributed by atoms with Crippen LogP contribution in [0, 0.1) is 0 Å². The van der Waals surface area contributed by atoms with Gasteiger partial charge in [0.1, 0.15) is 11.3 Å². The van der Waals surface area contributed by atoms with Crippen LogP contribution < -0.4 is 5.63 Å². The van der Waals surface area contributed by atoms with Crippen LogP contribution >= 0.6 is 0 Å². The summed E-state index contributed by atoms with van der Waals surface area (Å²) in [7, 11) is 0. The van der Waals surface area contributed by atoms with Crippen LogP contribution in [0.3, 0.4) is 0 Å². The summed E-state index contributed by atoms with van der Waals surface area (Å²) < 4.78 is 5.14. The van der Waals surface area contributed by atoms with Gasteiger partial charge >= 0.3 is 5.63 Å². The van der Waals surface area contributed by atoms with Gasteiger partial charge in [0, 0.05) is 10.9 Å². The minimum absolute atomic E-state index is 0.119. The van der Waals surface area contributed by atoms with Gasteiger partial charge in [-0.3, -0.25) is 0 Å². The van der Waals surface area contributed by atoms with E-state index in [4.69, 9.17) is 4.42 Å². The summed E-state index contributed by atoms with van der Waals surface area (Å²) in [5, 5.41) is 10.1. The predicted octanol–water partition coefficient (Wildman–Crippen LogP) is 2.62. The minimum atomic E-state index is -0.303. The van der Waals surface area contributed by atoms with E-state index in [2.05, 4.69) is 0 Å². The maximum atomic E-state index is 11.5. The Labute approximate surface area is 87.0 Å². The highest BCUT2D eigenvalue weighted by atomic mass is 16.4. The van der Waals surface area contributed by atoms with Gasteiger partial charge in [0.25, 0.3) is 0 Å². The zero-order chi connectivity index (χ0) is 11.0. The standard InChI is InChI=1S/C12H12O3/c1-7(2)10-6-8-5-9(13)3-4-11(8)15-12(10)14/h3-7,13H,1-2H3. The molecule has 0 radical (unpaired) electrons. The number of benzene rings is 1. The van der Waals surface area contributed by atoms with E-state index in [9.17, 15) is 9.90 Å². The summed E-state index contributed by atoms with van der Waals surface area (Å²) in [5.41, 5.74) is 0.832. The molecule has 0 saturated heterocycles. The molecule has 0 unspecified atom stereocenters. The Morgan fingerprint density at radius 1 is 1.27 bits per heavy atom. The summed E-state index contributed by atoms with van der Waals surface area (Å²) in [4.78, 5) is 11.5. The molecule has 0 spiro atoms. The highest BCUT2D eigenvalue weighted by Crippen LogP contribution is 2.21. The molecule has 0 aliphatic carbocycles. The third-order valence-corrected chi connectivity index (χ3v) is 2.36. The van der Waals surface area contributed by atoms with Crippen LogP contribution in [0.15, 0.2) is 33.5 Å². The molecule has 2 rings (SSSR count). The van der Waals surface area contributed by atoms with Crippen molar-refractivity contribution < 1.29 is 9.52 Å². The normalized spacial score (nSPS) is 11.1. The first-order valence-corrected chi connectivity index (χ1v) is 4.84. The molecular weight excluding hydrogens is 192 g/mol. The van der Waals surface area contributed by atoms with Crippen LogP contribution in [0.5, 0.6) is 5.75 Å². The second-order valence-corrected chi connectivity index (χ2v) is 3.87. The molecule has 15 heavy (non-hydrogen) atoms. The largest absolute Gasteiger partial charge is 0.508 e. The SMILES string of the molecule is CC(C)c1cc2cc(O)ccc2oc1=O. The van der Waals surface area contributed by atoms with Crippen LogP contribution in [0.4, 0.5) is 0 Å². The van der Waals surface area contributed by atoms with Gasteiger partial charge < -0.3 is 9.52 Å². The van der Waals surface area contributed by atoms with E-state index < -0.39 is 0 Å². The number of hydrogen-bond donors (Lipinski definition) is 1. The highest BCUT2D eigenvalue weighted by Gasteiger charge is 2.08. The number of fused-ring (bicyclic) bond motifs is 1. The molecule has 2 aromatic rings. The lowest BCUT2D eigenvalue weighted by molar-refractivity contribution is 0.475. The Kier molecular flexibility index (Phi) is 2.23. The van der Waals surface area contributed by atoms with Gasteiger partial charge in [0.2, 0.25) is 0 Å². The molecule has 0 amide bonds. The van der Waals surface area contributed by atoms with Crippen molar-refractivity contribution in [1.29, 1.82) is 0 Å². The van der Waals surface area contributed by atoms with Crippen LogP contribution in [0.1, 0.15) is 25.3 Å². The highest BCUT2D eigenvalue weighted by molar-refractivity contribution is 5.78. The lowest BCUT2D eigenvalue weighted by Crippen LogP contribution is -2.08. The molecule has 0 aliphatic heterocycles. The molecule has 0 saturated carbocycles. The number of phenols is 1. The fraction of sp³-hybridized carbons (Fsp3) is 0.250. The van der Waals surface area contributed by atoms with Crippen molar-refractivity contribution in [2.45, 2.75) is 19.8 Å². The summed E-state index contributed by atoms with van der Waals surface area (Å²) >= 11 is 0. The summed E-state index contributed by atoms with van der Waals surface area (Å²) in [6.07, 6.45) is 0. The second-order valence-electron chi connectivity index (χ2n) is 3.87. The van der Waals surface area contributed by atoms with E-state index >= 15 is 0 Å². The van der Waals surface area contributed by atoms with Crippen molar-refractivity contribution in [3.8, 4) is 5.75 Å². The minimum Gasteiger partial charge on any atom is -0.508 e. The quantitative estimate of drug-likeness (QED) is 0.726. The Morgan fingerprint density at radius 3 is 2.67 bits per heavy atom. The molecule has 0 aliphatic rings. The Bertz CT molecular complexity index is 552. The smallest absolute Gasteiger partial charge is 0.339 e. The average Bonchev–Trinajstić information content (AvgIpc) is 2.17. The molecule has 0 atom stereocenters. The predicted molar refractivity (Wildman–Crippen MR) is 58.2 cm³/mol. The monoisotopic (exact) mass is 204 g/mol. The van der Waals surface area contributed by atoms with Crippen molar-refractivity contribution in [3.63, 3.8) is 0 Å². The molecule has 3 nitrogen and oxygen atoms in total. The first-order valence-electron chi connectivity index (χ1n) is 4.84. The maximum absolute atomic E-state index is 11.5. The summed E-state index contributed by atoms with van der Waals surface area (Å²) in [6, 6.07) is 6.45. The molecule has 1 aromatic heterocycles. The summed E-state index contributed by atoms with van der Waals surface area (Å²) in [6.45, 7) is 3.86. The van der Waals surface area contributed by atoms with Gasteiger partial charge in [-0.25, -0.2) is 4.79 Å². The molecule has 1 aromatic carbocycles. The lowest BCUT2D eigenvalue weighted by Gasteiger charge is -2.04. The Morgan fingerprint density at radius 2 is 2.00 bits per heavy atom. The summed E-state index contributed by atoms with van der Waals surface area (Å²) in [5.74, 6) is 0.291. The third kappa shape index (κ3) is 1.73. The van der Waals surface area contributed by atoms with E-state index in [-0.39, 0.29) is 17.3 Å². The van der Waals surface area contributed by atoms with Gasteiger partial charge in [0.05, 0.1) is 0 Å². The molecule has 0 fully saturated rings. The van der Waals surface area contributed by atoms with Crippen LogP contribution in [-0.4, -0.2) is 5.11 Å². The number of hydrogen-bond acceptors (Lipinski definition) is 3. The third-order valence-electron chi connectivity index (χ3n) is 2.36. The molecular formula is C12H12O3. The van der Waals surface area contributed by atoms with E-state index in [1.165, 1.54) is 6.07 Å². The average molecular weight is 204 g/mol. The van der Waals surface area contributed by atoms with Crippen LogP contribution in [-0.2, 0) is 0 Å². The van der Waals surface area contributed by atoms with E-state index in [1.807, 2.05) is 13.8 Å². The fourth-order valence-electron chi connectivity index (χ4n) is 1.53. The van der Waals surface area contributed by atoms with Crippen molar-refractivity contribution in [2.75, 3.05) is 0 Å². The topological polar surface area (TPSA) is 50.4 Å². The molecule has 0 bridgehead atoms. The van der Waals surface area contributed by atoms with E-state index in [1.54, 1.807) is 18.2 Å².